The van der Waals surface area contributed by atoms with Gasteiger partial charge in [-0.2, -0.15) is 0 Å². The van der Waals surface area contributed by atoms with E-state index in [-0.39, 0.29) is 18.2 Å². The average Bonchev–Trinajstić information content (AvgIpc) is 3.25. The van der Waals surface area contributed by atoms with Gasteiger partial charge in [-0.25, -0.2) is 4.90 Å². The van der Waals surface area contributed by atoms with Gasteiger partial charge in [0.05, 0.1) is 11.9 Å². The van der Waals surface area contributed by atoms with Gasteiger partial charge in [-0.1, -0.05) is 108 Å². The summed E-state index contributed by atoms with van der Waals surface area (Å²) in [4.78, 5) is 43.3. The molecule has 0 saturated carbocycles. The molecule has 2 heterocycles. The summed E-state index contributed by atoms with van der Waals surface area (Å²) in [7, 11) is 0. The predicted octanol–water partition coefficient (Wildman–Crippen LogP) is 8.10. The third kappa shape index (κ3) is 10.7. The molecule has 0 bridgehead atoms. The van der Waals surface area contributed by atoms with E-state index in [2.05, 4.69) is 24.9 Å². The molecule has 218 valence electrons. The maximum absolute atomic E-state index is 12.9. The molecule has 3 rings (SSSR count). The Morgan fingerprint density at radius 2 is 1.48 bits per heavy atom. The number of ether oxygens (including phenoxy) is 1. The highest BCUT2D eigenvalue weighted by Crippen LogP contribution is 2.31. The number of amides is 3. The smallest absolute Gasteiger partial charge is 0.295 e. The van der Waals surface area contributed by atoms with Crippen molar-refractivity contribution in [2.24, 2.45) is 0 Å². The molecule has 1 unspecified atom stereocenters. The van der Waals surface area contributed by atoms with Crippen LogP contribution in [0.1, 0.15) is 108 Å². The molecule has 1 aliphatic heterocycles. The van der Waals surface area contributed by atoms with Crippen molar-refractivity contribution < 1.29 is 19.1 Å². The zero-order valence-corrected chi connectivity index (χ0v) is 25.2. The summed E-state index contributed by atoms with van der Waals surface area (Å²) in [6.45, 7) is 4.87. The van der Waals surface area contributed by atoms with Crippen LogP contribution in [0.5, 0.6) is 5.75 Å². The number of benzene rings is 1. The normalized spacial score (nSPS) is 15.2. The van der Waals surface area contributed by atoms with Crippen LogP contribution in [0.3, 0.4) is 0 Å². The van der Waals surface area contributed by atoms with Crippen LogP contribution in [-0.4, -0.2) is 38.8 Å². The zero-order chi connectivity index (χ0) is 28.6. The zero-order valence-electron chi connectivity index (χ0n) is 24.4. The summed E-state index contributed by atoms with van der Waals surface area (Å²) in [6.07, 6.45) is 17.4. The first-order valence-electron chi connectivity index (χ1n) is 15.2. The van der Waals surface area contributed by atoms with E-state index >= 15 is 0 Å². The third-order valence-corrected chi connectivity index (χ3v) is 8.47. The first kappa shape index (κ1) is 31.9. The number of aryl methyl sites for hydroxylation is 1. The Hall–Kier alpha value is -2.67. The SMILES string of the molecule is CCCCCCCCCCCCCC(=O)N1C(=O)SC(Cc2ccc(OCCc3ccc(CC)cn3)cc2)C1=O. The highest BCUT2D eigenvalue weighted by Gasteiger charge is 2.42. The highest BCUT2D eigenvalue weighted by molar-refractivity contribution is 8.15. The number of nitrogens with zero attached hydrogens (tertiary/aromatic N) is 2. The molecule has 1 aromatic heterocycles. The van der Waals surface area contributed by atoms with Crippen molar-refractivity contribution in [2.75, 3.05) is 6.61 Å². The van der Waals surface area contributed by atoms with E-state index in [0.29, 0.717) is 13.0 Å². The lowest BCUT2D eigenvalue weighted by Gasteiger charge is -2.12. The minimum Gasteiger partial charge on any atom is -0.493 e. The van der Waals surface area contributed by atoms with Crippen LogP contribution >= 0.6 is 11.8 Å². The Bertz CT molecular complexity index is 1060. The summed E-state index contributed by atoms with van der Waals surface area (Å²) in [6, 6.07) is 11.7. The fraction of sp³-hybridized carbons (Fsp3) is 0.576. The molecular formula is C33H46N2O4S. The van der Waals surface area contributed by atoms with Crippen LogP contribution in [0.4, 0.5) is 4.79 Å². The number of hydrogen-bond acceptors (Lipinski definition) is 6. The van der Waals surface area contributed by atoms with Gasteiger partial charge in [-0.05, 0) is 48.6 Å². The van der Waals surface area contributed by atoms with E-state index in [9.17, 15) is 14.4 Å². The van der Waals surface area contributed by atoms with Gasteiger partial charge in [0.15, 0.2) is 0 Å². The van der Waals surface area contributed by atoms with Crippen LogP contribution < -0.4 is 4.74 Å². The van der Waals surface area contributed by atoms with Crippen LogP contribution in [0.15, 0.2) is 42.6 Å². The molecule has 40 heavy (non-hydrogen) atoms. The molecule has 0 spiro atoms. The Kier molecular flexibility index (Phi) is 14.3. The lowest BCUT2D eigenvalue weighted by Crippen LogP contribution is -2.37. The molecule has 0 radical (unpaired) electrons. The van der Waals surface area contributed by atoms with Gasteiger partial charge in [-0.15, -0.1) is 0 Å². The van der Waals surface area contributed by atoms with Crippen molar-refractivity contribution in [1.29, 1.82) is 0 Å². The lowest BCUT2D eigenvalue weighted by atomic mass is 10.0. The quantitative estimate of drug-likeness (QED) is 0.160. The van der Waals surface area contributed by atoms with Crippen molar-refractivity contribution >= 4 is 28.8 Å². The number of carbonyl (C=O) groups excluding carboxylic acids is 3. The Labute approximate surface area is 244 Å². The van der Waals surface area contributed by atoms with Crippen molar-refractivity contribution in [3.05, 3.63) is 59.4 Å². The largest absolute Gasteiger partial charge is 0.493 e. The van der Waals surface area contributed by atoms with Crippen molar-refractivity contribution in [1.82, 2.24) is 9.88 Å². The second kappa shape index (κ2) is 17.9. The Morgan fingerprint density at radius 1 is 0.850 bits per heavy atom. The minimum absolute atomic E-state index is 0.256. The van der Waals surface area contributed by atoms with E-state index < -0.39 is 10.5 Å². The molecule has 1 fully saturated rings. The highest BCUT2D eigenvalue weighted by atomic mass is 32.2. The lowest BCUT2D eigenvalue weighted by molar-refractivity contribution is -0.139. The molecule has 6 nitrogen and oxygen atoms in total. The van der Waals surface area contributed by atoms with E-state index in [0.717, 1.165) is 65.8 Å². The molecular weight excluding hydrogens is 520 g/mol. The molecule has 0 aliphatic carbocycles. The van der Waals surface area contributed by atoms with E-state index in [1.54, 1.807) is 0 Å². The number of rotatable bonds is 19. The Balaban J connectivity index is 1.32. The van der Waals surface area contributed by atoms with Gasteiger partial charge < -0.3 is 4.74 Å². The number of unbranched alkanes of at least 4 members (excludes halogenated alkanes) is 10. The number of hydrogen-bond donors (Lipinski definition) is 0. The molecule has 2 aromatic rings. The van der Waals surface area contributed by atoms with Gasteiger partial charge in [0.25, 0.3) is 11.1 Å². The molecule has 0 N–H and O–H groups in total. The topological polar surface area (TPSA) is 76.6 Å². The minimum atomic E-state index is -0.558. The second-order valence-corrected chi connectivity index (χ2v) is 11.8. The summed E-state index contributed by atoms with van der Waals surface area (Å²) < 4.78 is 5.85. The molecule has 1 aliphatic rings. The first-order valence-corrected chi connectivity index (χ1v) is 16.1. The van der Waals surface area contributed by atoms with Crippen molar-refractivity contribution in [2.45, 2.75) is 115 Å². The van der Waals surface area contributed by atoms with E-state index in [1.807, 2.05) is 36.5 Å². The van der Waals surface area contributed by atoms with E-state index in [4.69, 9.17) is 4.74 Å². The first-order chi connectivity index (χ1) is 19.5. The van der Waals surface area contributed by atoms with E-state index in [1.165, 1.54) is 56.9 Å². The maximum atomic E-state index is 12.9. The predicted molar refractivity (Wildman–Crippen MR) is 163 cm³/mol. The molecule has 3 amide bonds. The third-order valence-electron chi connectivity index (χ3n) is 7.43. The molecule has 7 heteroatoms. The van der Waals surface area contributed by atoms with Gasteiger partial charge in [0.1, 0.15) is 5.75 Å². The Morgan fingerprint density at radius 3 is 2.08 bits per heavy atom. The second-order valence-electron chi connectivity index (χ2n) is 10.7. The van der Waals surface area contributed by atoms with Gasteiger partial charge in [0.2, 0.25) is 5.91 Å². The summed E-state index contributed by atoms with van der Waals surface area (Å²) in [5.41, 5.74) is 3.15. The number of pyridine rings is 1. The number of thioether (sulfide) groups is 1. The fourth-order valence-corrected chi connectivity index (χ4v) is 5.91. The van der Waals surface area contributed by atoms with Crippen LogP contribution in [0.2, 0.25) is 0 Å². The molecule has 1 atom stereocenters. The maximum Gasteiger partial charge on any atom is 0.295 e. The van der Waals surface area contributed by atoms with Crippen molar-refractivity contribution in [3.8, 4) is 5.75 Å². The number of carbonyl (C=O) groups is 3. The fourth-order valence-electron chi connectivity index (χ4n) is 4.89. The van der Waals surface area contributed by atoms with Gasteiger partial charge >= 0.3 is 0 Å². The molecule has 1 aromatic carbocycles. The van der Waals surface area contributed by atoms with Gasteiger partial charge in [0, 0.05) is 24.7 Å². The molecule has 1 saturated heterocycles. The van der Waals surface area contributed by atoms with Crippen LogP contribution in [0, 0.1) is 0 Å². The number of imide groups is 3. The summed E-state index contributed by atoms with van der Waals surface area (Å²) in [5, 5.41) is -0.999. The van der Waals surface area contributed by atoms with Crippen LogP contribution in [-0.2, 0) is 28.9 Å². The van der Waals surface area contributed by atoms with Crippen molar-refractivity contribution in [3.63, 3.8) is 0 Å². The summed E-state index contributed by atoms with van der Waals surface area (Å²) >= 11 is 0.961. The number of aromatic nitrogens is 1. The standard InChI is InChI=1S/C33H46N2O4S/c1-3-5-6-7-8-9-10-11-12-13-14-15-31(36)35-32(37)30(40-33(35)38)24-27-17-20-29(21-18-27)39-23-22-28-19-16-26(4-2)25-34-28/h16-21,25,30H,3-15,22-24H2,1-2H3. The average molecular weight is 567 g/mol. The van der Waals surface area contributed by atoms with Crippen LogP contribution in [0.25, 0.3) is 0 Å². The summed E-state index contributed by atoms with van der Waals surface area (Å²) in [5.74, 6) is 0.00710. The van der Waals surface area contributed by atoms with Gasteiger partial charge in [-0.3, -0.25) is 19.4 Å². The monoisotopic (exact) mass is 566 g/mol.